The maximum Gasteiger partial charge on any atom is 0.337 e. The van der Waals surface area contributed by atoms with E-state index in [1.807, 2.05) is 12.1 Å². The Kier molecular flexibility index (Phi) is 4.41. The first-order valence-corrected chi connectivity index (χ1v) is 6.59. The lowest BCUT2D eigenvalue weighted by Crippen LogP contribution is -2.05. The van der Waals surface area contributed by atoms with Crippen molar-refractivity contribution in [1.82, 2.24) is 0 Å². The van der Waals surface area contributed by atoms with Crippen molar-refractivity contribution in [2.75, 3.05) is 12.4 Å². The van der Waals surface area contributed by atoms with Crippen LogP contribution in [0.4, 0.5) is 5.69 Å². The molecule has 0 aliphatic carbocycles. The summed E-state index contributed by atoms with van der Waals surface area (Å²) in [6.07, 6.45) is 0. The maximum absolute atomic E-state index is 11.5. The summed E-state index contributed by atoms with van der Waals surface area (Å²) in [7, 11) is 1.39. The number of esters is 1. The maximum atomic E-state index is 11.5. The molecule has 0 aromatic heterocycles. The Balaban J connectivity index is 2.11. The molecule has 0 atom stereocenters. The number of carbonyl (C=O) groups is 1. The van der Waals surface area contributed by atoms with Crippen molar-refractivity contribution in [2.24, 2.45) is 0 Å². The second kappa shape index (κ2) is 6.24. The molecule has 3 heteroatoms. The van der Waals surface area contributed by atoms with Crippen LogP contribution in [0, 0.1) is 13.8 Å². The lowest BCUT2D eigenvalue weighted by atomic mass is 10.0. The highest BCUT2D eigenvalue weighted by Gasteiger charge is 2.06. The standard InChI is InChI=1S/C17H19NO2/c1-12-6-4-8-15(13(12)2)11-18-16-9-5-7-14(10-16)17(19)20-3/h4-10,18H,11H2,1-3H3. The molecule has 2 aromatic carbocycles. The van der Waals surface area contributed by atoms with E-state index < -0.39 is 0 Å². The topological polar surface area (TPSA) is 38.3 Å². The molecule has 0 aliphatic rings. The number of nitrogens with one attached hydrogen (secondary N) is 1. The molecule has 0 saturated carbocycles. The minimum absolute atomic E-state index is 0.319. The van der Waals surface area contributed by atoms with E-state index in [9.17, 15) is 4.79 Å². The molecule has 0 aliphatic heterocycles. The number of carbonyl (C=O) groups excluding carboxylic acids is 1. The van der Waals surface area contributed by atoms with Gasteiger partial charge in [-0.15, -0.1) is 0 Å². The zero-order valence-corrected chi connectivity index (χ0v) is 12.1. The van der Waals surface area contributed by atoms with E-state index >= 15 is 0 Å². The Morgan fingerprint density at radius 3 is 2.65 bits per heavy atom. The predicted molar refractivity (Wildman–Crippen MR) is 81.0 cm³/mol. The summed E-state index contributed by atoms with van der Waals surface area (Å²) in [4.78, 5) is 11.5. The smallest absolute Gasteiger partial charge is 0.337 e. The first-order valence-electron chi connectivity index (χ1n) is 6.59. The highest BCUT2D eigenvalue weighted by atomic mass is 16.5. The molecule has 0 amide bonds. The average molecular weight is 269 g/mol. The van der Waals surface area contributed by atoms with Crippen LogP contribution in [0.2, 0.25) is 0 Å². The summed E-state index contributed by atoms with van der Waals surface area (Å²) >= 11 is 0. The number of rotatable bonds is 4. The molecule has 0 bridgehead atoms. The van der Waals surface area contributed by atoms with Gasteiger partial charge in [0.15, 0.2) is 0 Å². The fourth-order valence-corrected chi connectivity index (χ4v) is 2.07. The van der Waals surface area contributed by atoms with Gasteiger partial charge in [0.1, 0.15) is 0 Å². The summed E-state index contributed by atoms with van der Waals surface area (Å²) in [5.74, 6) is -0.319. The summed E-state index contributed by atoms with van der Waals surface area (Å²) in [5, 5.41) is 3.34. The van der Waals surface area contributed by atoms with Gasteiger partial charge in [0.05, 0.1) is 12.7 Å². The summed E-state index contributed by atoms with van der Waals surface area (Å²) in [6.45, 7) is 4.96. The fourth-order valence-electron chi connectivity index (χ4n) is 2.07. The first-order chi connectivity index (χ1) is 9.61. The molecule has 0 heterocycles. The monoisotopic (exact) mass is 269 g/mol. The Morgan fingerprint density at radius 2 is 1.90 bits per heavy atom. The molecule has 0 radical (unpaired) electrons. The number of ether oxygens (including phenoxy) is 1. The number of anilines is 1. The van der Waals surface area contributed by atoms with Gasteiger partial charge in [0.25, 0.3) is 0 Å². The van der Waals surface area contributed by atoms with Gasteiger partial charge in [-0.25, -0.2) is 4.79 Å². The van der Waals surface area contributed by atoms with Crippen molar-refractivity contribution in [1.29, 1.82) is 0 Å². The minimum Gasteiger partial charge on any atom is -0.465 e. The van der Waals surface area contributed by atoms with Crippen LogP contribution in [0.15, 0.2) is 42.5 Å². The van der Waals surface area contributed by atoms with E-state index in [4.69, 9.17) is 4.74 Å². The number of methoxy groups -OCH3 is 1. The Labute approximate surface area is 119 Å². The van der Waals surface area contributed by atoms with E-state index in [1.165, 1.54) is 23.8 Å². The third-order valence-electron chi connectivity index (χ3n) is 3.48. The molecule has 2 aromatic rings. The Hall–Kier alpha value is -2.29. The molecule has 2 rings (SSSR count). The molecular weight excluding hydrogens is 250 g/mol. The van der Waals surface area contributed by atoms with Gasteiger partial charge < -0.3 is 10.1 Å². The number of aryl methyl sites for hydroxylation is 1. The molecule has 0 saturated heterocycles. The highest BCUT2D eigenvalue weighted by Crippen LogP contribution is 2.16. The van der Waals surface area contributed by atoms with Gasteiger partial charge in [-0.3, -0.25) is 0 Å². The average Bonchev–Trinajstić information content (AvgIpc) is 2.48. The number of benzene rings is 2. The largest absolute Gasteiger partial charge is 0.465 e. The molecule has 0 unspecified atom stereocenters. The van der Waals surface area contributed by atoms with Crippen LogP contribution in [0.3, 0.4) is 0 Å². The first kappa shape index (κ1) is 14.1. The van der Waals surface area contributed by atoms with E-state index in [0.29, 0.717) is 5.56 Å². The van der Waals surface area contributed by atoms with Gasteiger partial charge >= 0.3 is 5.97 Å². The van der Waals surface area contributed by atoms with Crippen molar-refractivity contribution >= 4 is 11.7 Å². The minimum atomic E-state index is -0.319. The number of hydrogen-bond donors (Lipinski definition) is 1. The Morgan fingerprint density at radius 1 is 1.15 bits per heavy atom. The SMILES string of the molecule is COC(=O)c1cccc(NCc2cccc(C)c2C)c1. The van der Waals surface area contributed by atoms with E-state index in [1.54, 1.807) is 12.1 Å². The van der Waals surface area contributed by atoms with E-state index in [0.717, 1.165) is 12.2 Å². The Bertz CT molecular complexity index is 620. The van der Waals surface area contributed by atoms with Crippen LogP contribution in [-0.4, -0.2) is 13.1 Å². The lowest BCUT2D eigenvalue weighted by molar-refractivity contribution is 0.0601. The molecular formula is C17H19NO2. The zero-order chi connectivity index (χ0) is 14.5. The second-order valence-corrected chi connectivity index (χ2v) is 4.78. The van der Waals surface area contributed by atoms with Gasteiger partial charge in [-0.05, 0) is 48.7 Å². The van der Waals surface area contributed by atoms with Gasteiger partial charge in [0, 0.05) is 12.2 Å². The van der Waals surface area contributed by atoms with Crippen molar-refractivity contribution < 1.29 is 9.53 Å². The summed E-state index contributed by atoms with van der Waals surface area (Å²) < 4.78 is 4.72. The molecule has 1 N–H and O–H groups in total. The van der Waals surface area contributed by atoms with Crippen LogP contribution in [-0.2, 0) is 11.3 Å². The number of hydrogen-bond acceptors (Lipinski definition) is 3. The molecule has 3 nitrogen and oxygen atoms in total. The van der Waals surface area contributed by atoms with Gasteiger partial charge in [-0.1, -0.05) is 24.3 Å². The molecule has 104 valence electrons. The molecule has 20 heavy (non-hydrogen) atoms. The van der Waals surface area contributed by atoms with Crippen molar-refractivity contribution in [3.8, 4) is 0 Å². The van der Waals surface area contributed by atoms with E-state index in [-0.39, 0.29) is 5.97 Å². The quantitative estimate of drug-likeness (QED) is 0.860. The lowest BCUT2D eigenvalue weighted by Gasteiger charge is -2.11. The molecule has 0 fully saturated rings. The fraction of sp³-hybridized carbons (Fsp3) is 0.235. The highest BCUT2D eigenvalue weighted by molar-refractivity contribution is 5.90. The third kappa shape index (κ3) is 3.18. The van der Waals surface area contributed by atoms with Crippen molar-refractivity contribution in [3.05, 3.63) is 64.7 Å². The third-order valence-corrected chi connectivity index (χ3v) is 3.48. The van der Waals surface area contributed by atoms with Crippen molar-refractivity contribution in [3.63, 3.8) is 0 Å². The van der Waals surface area contributed by atoms with Crippen LogP contribution >= 0.6 is 0 Å². The van der Waals surface area contributed by atoms with Crippen molar-refractivity contribution in [2.45, 2.75) is 20.4 Å². The van der Waals surface area contributed by atoms with Crippen LogP contribution in [0.25, 0.3) is 0 Å². The van der Waals surface area contributed by atoms with Gasteiger partial charge in [0.2, 0.25) is 0 Å². The summed E-state index contributed by atoms with van der Waals surface area (Å²) in [5.41, 5.74) is 5.30. The second-order valence-electron chi connectivity index (χ2n) is 4.78. The normalized spacial score (nSPS) is 10.2. The van der Waals surface area contributed by atoms with Crippen LogP contribution in [0.5, 0.6) is 0 Å². The van der Waals surface area contributed by atoms with Crippen LogP contribution in [0.1, 0.15) is 27.0 Å². The summed E-state index contributed by atoms with van der Waals surface area (Å²) in [6, 6.07) is 13.6. The zero-order valence-electron chi connectivity index (χ0n) is 12.1. The van der Waals surface area contributed by atoms with E-state index in [2.05, 4.69) is 37.4 Å². The predicted octanol–water partition coefficient (Wildman–Crippen LogP) is 3.70. The van der Waals surface area contributed by atoms with Gasteiger partial charge in [-0.2, -0.15) is 0 Å². The molecule has 0 spiro atoms. The van der Waals surface area contributed by atoms with Crippen LogP contribution < -0.4 is 5.32 Å².